The second-order valence-electron chi connectivity index (χ2n) is 5.37. The van der Waals surface area contributed by atoms with Gasteiger partial charge in [0.1, 0.15) is 17.1 Å². The Morgan fingerprint density at radius 1 is 1.14 bits per heavy atom. The van der Waals surface area contributed by atoms with Crippen molar-refractivity contribution in [3.05, 3.63) is 23.8 Å². The van der Waals surface area contributed by atoms with Crippen LogP contribution < -0.4 is 5.32 Å². The summed E-state index contributed by atoms with van der Waals surface area (Å²) in [7, 11) is 0. The monoisotopic (exact) mass is 293 g/mol. The molecule has 0 heterocycles. The van der Waals surface area contributed by atoms with E-state index in [1.165, 1.54) is 18.2 Å². The molecule has 1 aromatic rings. The van der Waals surface area contributed by atoms with Crippen LogP contribution in [0.3, 0.4) is 0 Å². The Kier molecular flexibility index (Phi) is 4.67. The lowest BCUT2D eigenvalue weighted by molar-refractivity contribution is -0.144. The lowest BCUT2D eigenvalue weighted by atomic mass is 9.79. The van der Waals surface area contributed by atoms with E-state index in [1.807, 2.05) is 0 Å². The summed E-state index contributed by atoms with van der Waals surface area (Å²) in [5.41, 5.74) is -0.180. The molecular formula is C15H19NO5. The van der Waals surface area contributed by atoms with Crippen molar-refractivity contribution >= 4 is 11.9 Å². The maximum Gasteiger partial charge on any atom is 0.306 e. The summed E-state index contributed by atoms with van der Waals surface area (Å²) in [4.78, 5) is 23.2. The molecule has 0 saturated heterocycles. The van der Waals surface area contributed by atoms with Crippen LogP contribution in [-0.2, 0) is 4.79 Å². The maximum absolute atomic E-state index is 12.0. The van der Waals surface area contributed by atoms with Gasteiger partial charge in [0.2, 0.25) is 0 Å². The minimum Gasteiger partial charge on any atom is -0.507 e. The minimum absolute atomic E-state index is 0.117. The largest absolute Gasteiger partial charge is 0.507 e. The van der Waals surface area contributed by atoms with Gasteiger partial charge in [0, 0.05) is 6.54 Å². The normalized spacial score (nSPS) is 21.7. The molecule has 2 atom stereocenters. The van der Waals surface area contributed by atoms with Crippen LogP contribution >= 0.6 is 0 Å². The molecule has 0 aromatic heterocycles. The number of carboxylic acid groups (broad SMARTS) is 1. The maximum atomic E-state index is 12.0. The van der Waals surface area contributed by atoms with Gasteiger partial charge < -0.3 is 20.6 Å². The van der Waals surface area contributed by atoms with E-state index in [9.17, 15) is 24.9 Å². The molecule has 1 aliphatic carbocycles. The zero-order valence-electron chi connectivity index (χ0n) is 11.6. The van der Waals surface area contributed by atoms with Crippen LogP contribution in [-0.4, -0.2) is 33.7 Å². The number of nitrogens with one attached hydrogen (secondary N) is 1. The first kappa shape index (κ1) is 15.2. The highest BCUT2D eigenvalue weighted by molar-refractivity contribution is 5.99. The number of carbonyl (C=O) groups is 2. The van der Waals surface area contributed by atoms with Crippen LogP contribution in [0.1, 0.15) is 36.0 Å². The van der Waals surface area contributed by atoms with E-state index < -0.39 is 17.8 Å². The van der Waals surface area contributed by atoms with E-state index in [0.717, 1.165) is 19.3 Å². The number of hydrogen-bond acceptors (Lipinski definition) is 4. The van der Waals surface area contributed by atoms with Crippen LogP contribution in [0.4, 0.5) is 0 Å². The number of hydrogen-bond donors (Lipinski definition) is 4. The van der Waals surface area contributed by atoms with Crippen molar-refractivity contribution < 1.29 is 24.9 Å². The number of carbonyl (C=O) groups excluding carboxylic acids is 1. The molecule has 4 N–H and O–H groups in total. The number of benzene rings is 1. The Hall–Kier alpha value is -2.24. The predicted molar refractivity (Wildman–Crippen MR) is 75.2 cm³/mol. The van der Waals surface area contributed by atoms with Gasteiger partial charge in [-0.1, -0.05) is 18.9 Å². The first-order chi connectivity index (χ1) is 10.0. The quantitative estimate of drug-likeness (QED) is 0.676. The van der Waals surface area contributed by atoms with Crippen molar-refractivity contribution in [2.75, 3.05) is 6.54 Å². The van der Waals surface area contributed by atoms with Crippen molar-refractivity contribution in [2.24, 2.45) is 11.8 Å². The van der Waals surface area contributed by atoms with E-state index in [4.69, 9.17) is 0 Å². The van der Waals surface area contributed by atoms with Crippen LogP contribution in [0, 0.1) is 11.8 Å². The van der Waals surface area contributed by atoms with Crippen molar-refractivity contribution in [2.45, 2.75) is 25.7 Å². The van der Waals surface area contributed by atoms with Crippen molar-refractivity contribution in [1.82, 2.24) is 5.32 Å². The molecule has 1 saturated carbocycles. The zero-order valence-corrected chi connectivity index (χ0v) is 11.6. The van der Waals surface area contributed by atoms with E-state index in [0.29, 0.717) is 6.42 Å². The second kappa shape index (κ2) is 6.47. The Morgan fingerprint density at radius 3 is 2.38 bits per heavy atom. The SMILES string of the molecule is O=C(NCC1CCCCC1C(=O)O)c1c(O)cccc1O. The standard InChI is InChI=1S/C15H19NO5/c17-11-6-3-7-12(18)13(11)14(19)16-8-9-4-1-2-5-10(9)15(20)21/h3,6-7,9-10,17-18H,1-2,4-5,8H2,(H,16,19)(H,20,21). The third kappa shape index (κ3) is 3.45. The molecule has 0 aliphatic heterocycles. The third-order valence-electron chi connectivity index (χ3n) is 4.00. The second-order valence-corrected chi connectivity index (χ2v) is 5.37. The number of carboxylic acids is 1. The van der Waals surface area contributed by atoms with Gasteiger partial charge >= 0.3 is 5.97 Å². The molecule has 2 rings (SSSR count). The predicted octanol–water partition coefficient (Wildman–Crippen LogP) is 1.72. The molecule has 0 radical (unpaired) electrons. The Labute approximate surface area is 122 Å². The Morgan fingerprint density at radius 2 is 1.76 bits per heavy atom. The number of phenolic OH excluding ortho intramolecular Hbond substituents is 2. The van der Waals surface area contributed by atoms with E-state index in [1.54, 1.807) is 0 Å². The first-order valence-corrected chi connectivity index (χ1v) is 7.02. The number of rotatable bonds is 4. The van der Waals surface area contributed by atoms with Gasteiger partial charge in [-0.15, -0.1) is 0 Å². The lowest BCUT2D eigenvalue weighted by Crippen LogP contribution is -2.37. The highest BCUT2D eigenvalue weighted by atomic mass is 16.4. The van der Waals surface area contributed by atoms with Crippen LogP contribution in [0.5, 0.6) is 11.5 Å². The van der Waals surface area contributed by atoms with Gasteiger partial charge in [-0.3, -0.25) is 9.59 Å². The van der Waals surface area contributed by atoms with E-state index in [-0.39, 0.29) is 29.5 Å². The molecule has 0 spiro atoms. The number of phenols is 2. The van der Waals surface area contributed by atoms with Crippen LogP contribution in [0.2, 0.25) is 0 Å². The number of amides is 1. The molecule has 1 fully saturated rings. The molecule has 114 valence electrons. The lowest BCUT2D eigenvalue weighted by Gasteiger charge is -2.28. The zero-order chi connectivity index (χ0) is 15.4. The summed E-state index contributed by atoms with van der Waals surface area (Å²) < 4.78 is 0. The molecule has 1 aliphatic rings. The molecule has 2 unspecified atom stereocenters. The molecule has 6 heteroatoms. The first-order valence-electron chi connectivity index (χ1n) is 7.02. The van der Waals surface area contributed by atoms with Gasteiger partial charge in [-0.25, -0.2) is 0 Å². The smallest absolute Gasteiger partial charge is 0.306 e. The van der Waals surface area contributed by atoms with Gasteiger partial charge in [-0.05, 0) is 30.9 Å². The molecule has 0 bridgehead atoms. The summed E-state index contributed by atoms with van der Waals surface area (Å²) in [5, 5.41) is 31.0. The van der Waals surface area contributed by atoms with Gasteiger partial charge in [0.15, 0.2) is 0 Å². The minimum atomic E-state index is -0.834. The van der Waals surface area contributed by atoms with Crippen molar-refractivity contribution in [3.63, 3.8) is 0 Å². The summed E-state index contributed by atoms with van der Waals surface area (Å²) in [6.45, 7) is 0.226. The average Bonchev–Trinajstić information content (AvgIpc) is 2.45. The molecule has 21 heavy (non-hydrogen) atoms. The Bertz CT molecular complexity index is 523. The molecule has 1 aromatic carbocycles. The number of aliphatic carboxylic acids is 1. The van der Waals surface area contributed by atoms with E-state index >= 15 is 0 Å². The fourth-order valence-electron chi connectivity index (χ4n) is 2.85. The average molecular weight is 293 g/mol. The fraction of sp³-hybridized carbons (Fsp3) is 0.467. The van der Waals surface area contributed by atoms with Crippen LogP contribution in [0.15, 0.2) is 18.2 Å². The fourth-order valence-corrected chi connectivity index (χ4v) is 2.85. The summed E-state index contributed by atoms with van der Waals surface area (Å²) in [6.07, 6.45) is 3.22. The summed E-state index contributed by atoms with van der Waals surface area (Å²) in [5.74, 6) is -2.60. The summed E-state index contributed by atoms with van der Waals surface area (Å²) in [6, 6.07) is 4.06. The molecular weight excluding hydrogens is 274 g/mol. The number of aromatic hydroxyl groups is 2. The molecule has 6 nitrogen and oxygen atoms in total. The highest BCUT2D eigenvalue weighted by Crippen LogP contribution is 2.30. The van der Waals surface area contributed by atoms with Gasteiger partial charge in [-0.2, -0.15) is 0 Å². The van der Waals surface area contributed by atoms with Crippen molar-refractivity contribution in [3.8, 4) is 11.5 Å². The van der Waals surface area contributed by atoms with Gasteiger partial charge in [0.05, 0.1) is 5.92 Å². The van der Waals surface area contributed by atoms with Crippen molar-refractivity contribution in [1.29, 1.82) is 0 Å². The summed E-state index contributed by atoms with van der Waals surface area (Å²) >= 11 is 0. The molecule has 1 amide bonds. The topological polar surface area (TPSA) is 107 Å². The third-order valence-corrected chi connectivity index (χ3v) is 4.00. The highest BCUT2D eigenvalue weighted by Gasteiger charge is 2.31. The Balaban J connectivity index is 2.02. The van der Waals surface area contributed by atoms with E-state index in [2.05, 4.69) is 5.32 Å². The van der Waals surface area contributed by atoms with Gasteiger partial charge in [0.25, 0.3) is 5.91 Å². The van der Waals surface area contributed by atoms with Crippen LogP contribution in [0.25, 0.3) is 0 Å².